The number of piperazine rings is 1. The molecule has 1 aromatic rings. The number of halogens is 1. The molecular formula is C24H36ClN3O3S. The molecule has 2 atom stereocenters. The van der Waals surface area contributed by atoms with Crippen molar-refractivity contribution in [3.05, 3.63) is 28.3 Å². The zero-order chi connectivity index (χ0) is 23.5. The normalized spacial score (nSPS) is 22.1. The van der Waals surface area contributed by atoms with Gasteiger partial charge in [-0.2, -0.15) is 11.8 Å². The van der Waals surface area contributed by atoms with Crippen LogP contribution in [0.1, 0.15) is 51.7 Å². The number of nitrogens with zero attached hydrogens (tertiary/aromatic N) is 2. The van der Waals surface area contributed by atoms with E-state index in [1.54, 1.807) is 4.90 Å². The maximum Gasteiger partial charge on any atom is 0.410 e. The Labute approximate surface area is 201 Å². The molecule has 0 saturated carbocycles. The highest BCUT2D eigenvalue weighted by atomic mass is 35.5. The number of carbonyl (C=O) groups is 2. The highest BCUT2D eigenvalue weighted by molar-refractivity contribution is 7.99. The van der Waals surface area contributed by atoms with Gasteiger partial charge in [0.2, 0.25) is 5.91 Å². The molecule has 8 heteroatoms. The summed E-state index contributed by atoms with van der Waals surface area (Å²) in [5, 5.41) is 3.71. The maximum atomic E-state index is 12.6. The number of rotatable bonds is 5. The third-order valence-electron chi connectivity index (χ3n) is 5.99. The summed E-state index contributed by atoms with van der Waals surface area (Å²) in [6, 6.07) is 3.87. The molecule has 0 radical (unpaired) electrons. The lowest BCUT2D eigenvalue weighted by molar-refractivity contribution is -0.116. The zero-order valence-electron chi connectivity index (χ0n) is 19.9. The van der Waals surface area contributed by atoms with Crippen molar-refractivity contribution in [3.8, 4) is 0 Å². The number of thioether (sulfide) groups is 1. The van der Waals surface area contributed by atoms with Gasteiger partial charge in [-0.1, -0.05) is 11.6 Å². The molecule has 32 heavy (non-hydrogen) atoms. The molecule has 178 valence electrons. The molecule has 2 aliphatic heterocycles. The number of anilines is 1. The molecule has 0 aromatic heterocycles. The summed E-state index contributed by atoms with van der Waals surface area (Å²) in [5.41, 5.74) is 2.44. The Morgan fingerprint density at radius 1 is 1.28 bits per heavy atom. The second-order valence-corrected chi connectivity index (χ2v) is 11.6. The minimum absolute atomic E-state index is 0.0570. The standard InChI is InChI=1S/C24H36ClN3O3S/c1-16-13-27(7-8-28(16)23(30)31-24(3,4)5)14-19-11-20(25)12-21(17(19)2)26-22(29)10-18-6-9-32-15-18/h11-12,16,18H,6-10,13-15H2,1-5H3,(H,26,29). The monoisotopic (exact) mass is 481 g/mol. The van der Waals surface area contributed by atoms with E-state index in [9.17, 15) is 9.59 Å². The number of ether oxygens (including phenoxy) is 1. The van der Waals surface area contributed by atoms with Crippen LogP contribution in [0.15, 0.2) is 12.1 Å². The van der Waals surface area contributed by atoms with Gasteiger partial charge in [-0.25, -0.2) is 4.79 Å². The van der Waals surface area contributed by atoms with Crippen LogP contribution < -0.4 is 5.32 Å². The van der Waals surface area contributed by atoms with Crippen molar-refractivity contribution in [2.24, 2.45) is 5.92 Å². The van der Waals surface area contributed by atoms with Crippen molar-refractivity contribution in [3.63, 3.8) is 0 Å². The zero-order valence-corrected chi connectivity index (χ0v) is 21.4. The molecule has 1 N–H and O–H groups in total. The average molecular weight is 482 g/mol. The molecule has 2 heterocycles. The van der Waals surface area contributed by atoms with Crippen LogP contribution in [0, 0.1) is 12.8 Å². The largest absolute Gasteiger partial charge is 0.444 e. The van der Waals surface area contributed by atoms with Crippen LogP contribution in [0.3, 0.4) is 0 Å². The summed E-state index contributed by atoms with van der Waals surface area (Å²) in [6.45, 7) is 12.6. The van der Waals surface area contributed by atoms with Gasteiger partial charge in [0.25, 0.3) is 0 Å². The average Bonchev–Trinajstić information content (AvgIpc) is 3.17. The van der Waals surface area contributed by atoms with Crippen LogP contribution in [0.4, 0.5) is 10.5 Å². The van der Waals surface area contributed by atoms with Crippen molar-refractivity contribution in [1.29, 1.82) is 0 Å². The second kappa shape index (κ2) is 10.7. The summed E-state index contributed by atoms with van der Waals surface area (Å²) in [5.74, 6) is 2.76. The van der Waals surface area contributed by atoms with Gasteiger partial charge in [-0.15, -0.1) is 0 Å². The Bertz CT molecular complexity index is 837. The lowest BCUT2D eigenvalue weighted by Crippen LogP contribution is -2.54. The Kier molecular flexibility index (Phi) is 8.39. The molecule has 2 saturated heterocycles. The number of amides is 2. The summed E-state index contributed by atoms with van der Waals surface area (Å²) in [6.07, 6.45) is 1.43. The van der Waals surface area contributed by atoms with Crippen molar-refractivity contribution in [2.75, 3.05) is 36.5 Å². The van der Waals surface area contributed by atoms with Crippen molar-refractivity contribution in [1.82, 2.24) is 9.80 Å². The molecule has 6 nitrogen and oxygen atoms in total. The predicted octanol–water partition coefficient (Wildman–Crippen LogP) is 5.17. The molecule has 0 bridgehead atoms. The van der Waals surface area contributed by atoms with Gasteiger partial charge in [-0.3, -0.25) is 9.69 Å². The highest BCUT2D eigenvalue weighted by Gasteiger charge is 2.31. The Morgan fingerprint density at radius 3 is 2.66 bits per heavy atom. The van der Waals surface area contributed by atoms with Crippen LogP contribution >= 0.6 is 23.4 Å². The fourth-order valence-electron chi connectivity index (χ4n) is 4.25. The fourth-order valence-corrected chi connectivity index (χ4v) is 5.77. The first-order valence-corrected chi connectivity index (χ1v) is 12.9. The van der Waals surface area contributed by atoms with E-state index in [1.165, 1.54) is 0 Å². The quantitative estimate of drug-likeness (QED) is 0.628. The smallest absolute Gasteiger partial charge is 0.410 e. The SMILES string of the molecule is Cc1c(CN2CCN(C(=O)OC(C)(C)C)C(C)C2)cc(Cl)cc1NC(=O)CC1CCSC1. The highest BCUT2D eigenvalue weighted by Crippen LogP contribution is 2.29. The number of benzene rings is 1. The number of nitrogens with one attached hydrogen (secondary N) is 1. The Hall–Kier alpha value is -1.44. The minimum atomic E-state index is -0.497. The minimum Gasteiger partial charge on any atom is -0.444 e. The van der Waals surface area contributed by atoms with Gasteiger partial charge in [0.15, 0.2) is 0 Å². The molecule has 3 rings (SSSR count). The summed E-state index contributed by atoms with van der Waals surface area (Å²) < 4.78 is 5.55. The van der Waals surface area contributed by atoms with E-state index in [-0.39, 0.29) is 18.0 Å². The van der Waals surface area contributed by atoms with Crippen LogP contribution in [0.25, 0.3) is 0 Å². The molecule has 2 amide bonds. The first kappa shape index (κ1) is 25.2. The third-order valence-corrected chi connectivity index (χ3v) is 7.44. The Morgan fingerprint density at radius 2 is 2.03 bits per heavy atom. The van der Waals surface area contributed by atoms with E-state index in [0.29, 0.717) is 23.9 Å². The van der Waals surface area contributed by atoms with Gasteiger partial charge >= 0.3 is 6.09 Å². The second-order valence-electron chi connectivity index (χ2n) is 9.98. The van der Waals surface area contributed by atoms with Crippen molar-refractivity contribution in [2.45, 2.75) is 65.6 Å². The van der Waals surface area contributed by atoms with E-state index in [0.717, 1.165) is 54.4 Å². The summed E-state index contributed by atoms with van der Waals surface area (Å²) in [7, 11) is 0. The van der Waals surface area contributed by atoms with Gasteiger partial charge in [0.05, 0.1) is 0 Å². The van der Waals surface area contributed by atoms with Crippen LogP contribution in [-0.4, -0.2) is 64.6 Å². The first-order valence-electron chi connectivity index (χ1n) is 11.4. The lowest BCUT2D eigenvalue weighted by Gasteiger charge is -2.40. The molecule has 1 aromatic carbocycles. The van der Waals surface area contributed by atoms with Crippen LogP contribution in [-0.2, 0) is 16.1 Å². The number of hydrogen-bond acceptors (Lipinski definition) is 5. The number of carbonyl (C=O) groups excluding carboxylic acids is 2. The molecule has 0 aliphatic carbocycles. The van der Waals surface area contributed by atoms with E-state index < -0.39 is 5.60 Å². The summed E-state index contributed by atoms with van der Waals surface area (Å²) >= 11 is 8.33. The maximum absolute atomic E-state index is 12.6. The predicted molar refractivity (Wildman–Crippen MR) is 133 cm³/mol. The van der Waals surface area contributed by atoms with Gasteiger partial charge in [-0.05, 0) is 81.7 Å². The van der Waals surface area contributed by atoms with E-state index >= 15 is 0 Å². The van der Waals surface area contributed by atoms with Crippen LogP contribution in [0.5, 0.6) is 0 Å². The van der Waals surface area contributed by atoms with E-state index in [2.05, 4.69) is 10.2 Å². The molecule has 2 unspecified atom stereocenters. The molecule has 0 spiro atoms. The van der Waals surface area contributed by atoms with Crippen molar-refractivity contribution < 1.29 is 14.3 Å². The number of hydrogen-bond donors (Lipinski definition) is 1. The van der Waals surface area contributed by atoms with Gasteiger partial charge in [0.1, 0.15) is 5.60 Å². The van der Waals surface area contributed by atoms with Gasteiger partial charge < -0.3 is 15.0 Å². The fraction of sp³-hybridized carbons (Fsp3) is 0.667. The van der Waals surface area contributed by atoms with E-state index in [1.807, 2.05) is 58.5 Å². The summed E-state index contributed by atoms with van der Waals surface area (Å²) in [4.78, 5) is 29.2. The van der Waals surface area contributed by atoms with E-state index in [4.69, 9.17) is 16.3 Å². The van der Waals surface area contributed by atoms with Crippen LogP contribution in [0.2, 0.25) is 5.02 Å². The first-order chi connectivity index (χ1) is 15.0. The molecular weight excluding hydrogens is 446 g/mol. The van der Waals surface area contributed by atoms with Crippen molar-refractivity contribution >= 4 is 41.1 Å². The Balaban J connectivity index is 1.61. The van der Waals surface area contributed by atoms with Gasteiger partial charge in [0, 0.05) is 49.4 Å². The molecule has 2 fully saturated rings. The molecule has 2 aliphatic rings. The lowest BCUT2D eigenvalue weighted by atomic mass is 10.0. The topological polar surface area (TPSA) is 61.9 Å². The third kappa shape index (κ3) is 7.03.